The Labute approximate surface area is 124 Å². The fourth-order valence-corrected chi connectivity index (χ4v) is 2.29. The van der Waals surface area contributed by atoms with Gasteiger partial charge in [-0.25, -0.2) is 8.93 Å². The second-order valence-corrected chi connectivity index (χ2v) is 7.58. The zero-order valence-electron chi connectivity index (χ0n) is 12.0. The van der Waals surface area contributed by atoms with Gasteiger partial charge in [-0.3, -0.25) is 4.79 Å². The molecule has 118 valence electrons. The predicted octanol–water partition coefficient (Wildman–Crippen LogP) is 3.24. The van der Waals surface area contributed by atoms with Crippen LogP contribution in [0.15, 0.2) is 30.3 Å². The molecule has 0 radical (unpaired) electrons. The smallest absolute Gasteiger partial charge is 0.294 e. The highest BCUT2D eigenvalue weighted by Gasteiger charge is 2.43. The maximum atomic E-state index is 13.0. The van der Waals surface area contributed by atoms with Gasteiger partial charge in [0.25, 0.3) is 0 Å². The Hall–Kier alpha value is -1.21. The lowest BCUT2D eigenvalue weighted by Crippen LogP contribution is -2.48. The van der Waals surface area contributed by atoms with E-state index in [4.69, 9.17) is 0 Å². The first-order valence-corrected chi connectivity index (χ1v) is 7.50. The average Bonchev–Trinajstić information content (AvgIpc) is 2.36. The number of nitrogens with one attached hydrogen (secondary N) is 1. The summed E-state index contributed by atoms with van der Waals surface area (Å²) in [6.45, 7) is 4.67. The molecule has 0 fully saturated rings. The molecule has 1 aromatic rings. The van der Waals surface area contributed by atoms with Crippen molar-refractivity contribution in [2.24, 2.45) is 0 Å². The highest BCUT2D eigenvalue weighted by molar-refractivity contribution is 7.84. The van der Waals surface area contributed by atoms with Crippen LogP contribution >= 0.6 is 0 Å². The molecule has 0 unspecified atom stereocenters. The average molecular weight is 321 g/mol. The van der Waals surface area contributed by atoms with E-state index in [1.807, 2.05) is 4.72 Å². The molecule has 1 aromatic carbocycles. The second-order valence-electron chi connectivity index (χ2n) is 5.59. The van der Waals surface area contributed by atoms with E-state index in [0.29, 0.717) is 0 Å². The van der Waals surface area contributed by atoms with E-state index in [1.165, 1.54) is 12.1 Å². The molecule has 1 N–H and O–H groups in total. The van der Waals surface area contributed by atoms with E-state index in [-0.39, 0.29) is 5.56 Å². The maximum Gasteiger partial charge on any atom is 0.405 e. The summed E-state index contributed by atoms with van der Waals surface area (Å²) in [5.74, 6) is -0.642. The monoisotopic (exact) mass is 321 g/mol. The SMILES string of the molecule is CC(C)(C)[S@](=O)N[C@@H](CC(=O)c1ccccc1)C(F)(F)F. The maximum absolute atomic E-state index is 13.0. The van der Waals surface area contributed by atoms with E-state index in [2.05, 4.69) is 0 Å². The van der Waals surface area contributed by atoms with Gasteiger partial charge in [-0.1, -0.05) is 30.3 Å². The third kappa shape index (κ3) is 5.59. The topological polar surface area (TPSA) is 46.2 Å². The molecule has 0 spiro atoms. The van der Waals surface area contributed by atoms with Crippen LogP contribution in [0.2, 0.25) is 0 Å². The number of benzene rings is 1. The first kappa shape index (κ1) is 17.8. The summed E-state index contributed by atoms with van der Waals surface area (Å²) in [7, 11) is -1.91. The minimum atomic E-state index is -4.65. The standard InChI is InChI=1S/C14H18F3NO2S/c1-13(2,3)21(20)18-12(14(15,16)17)9-11(19)10-7-5-4-6-8-10/h4-8,12,18H,9H2,1-3H3/t12-,21-/m0/s1. The number of carbonyl (C=O) groups excluding carboxylic acids is 1. The van der Waals surface area contributed by atoms with Crippen molar-refractivity contribution >= 4 is 16.8 Å². The van der Waals surface area contributed by atoms with Crippen LogP contribution < -0.4 is 4.72 Å². The number of carbonyl (C=O) groups is 1. The predicted molar refractivity (Wildman–Crippen MR) is 76.3 cm³/mol. The highest BCUT2D eigenvalue weighted by atomic mass is 32.2. The molecule has 0 heterocycles. The lowest BCUT2D eigenvalue weighted by molar-refractivity contribution is -0.150. The number of alkyl halides is 3. The van der Waals surface area contributed by atoms with Crippen LogP contribution in [-0.2, 0) is 11.0 Å². The zero-order chi connectivity index (χ0) is 16.3. The fourth-order valence-electron chi connectivity index (χ4n) is 1.46. The zero-order valence-corrected chi connectivity index (χ0v) is 12.8. The Morgan fingerprint density at radius 1 is 1.19 bits per heavy atom. The Bertz CT molecular complexity index is 509. The van der Waals surface area contributed by atoms with Gasteiger partial charge in [0.15, 0.2) is 5.78 Å². The largest absolute Gasteiger partial charge is 0.405 e. The summed E-state index contributed by atoms with van der Waals surface area (Å²) in [6.07, 6.45) is -5.43. The van der Waals surface area contributed by atoms with Crippen molar-refractivity contribution < 1.29 is 22.2 Å². The molecule has 1 rings (SSSR count). The van der Waals surface area contributed by atoms with Crippen LogP contribution in [0.1, 0.15) is 37.6 Å². The molecule has 2 atom stereocenters. The van der Waals surface area contributed by atoms with E-state index in [1.54, 1.807) is 39.0 Å². The van der Waals surface area contributed by atoms with Crippen molar-refractivity contribution in [2.45, 2.75) is 44.2 Å². The van der Waals surface area contributed by atoms with Gasteiger partial charge < -0.3 is 0 Å². The van der Waals surface area contributed by atoms with Crippen molar-refractivity contribution in [2.75, 3.05) is 0 Å². The molecule has 0 bridgehead atoms. The van der Waals surface area contributed by atoms with E-state index >= 15 is 0 Å². The lowest BCUT2D eigenvalue weighted by atomic mass is 10.0. The van der Waals surface area contributed by atoms with Crippen LogP contribution in [0.25, 0.3) is 0 Å². The molecule has 3 nitrogen and oxygen atoms in total. The van der Waals surface area contributed by atoms with Gasteiger partial charge in [0.05, 0.1) is 15.7 Å². The van der Waals surface area contributed by atoms with Gasteiger partial charge >= 0.3 is 6.18 Å². The minimum Gasteiger partial charge on any atom is -0.294 e. The molecule has 0 aliphatic rings. The van der Waals surface area contributed by atoms with Crippen molar-refractivity contribution in [3.8, 4) is 0 Å². The van der Waals surface area contributed by atoms with Gasteiger partial charge in [-0.05, 0) is 20.8 Å². The quantitative estimate of drug-likeness (QED) is 0.846. The van der Waals surface area contributed by atoms with Gasteiger partial charge in [0.1, 0.15) is 6.04 Å². The van der Waals surface area contributed by atoms with Crippen molar-refractivity contribution in [1.82, 2.24) is 4.72 Å². The second kappa shape index (κ2) is 6.70. The summed E-state index contributed by atoms with van der Waals surface area (Å²) in [6, 6.07) is 5.61. The van der Waals surface area contributed by atoms with Crippen LogP contribution in [0.4, 0.5) is 13.2 Å². The summed E-state index contributed by atoms with van der Waals surface area (Å²) in [5.41, 5.74) is 0.204. The Morgan fingerprint density at radius 3 is 2.14 bits per heavy atom. The van der Waals surface area contributed by atoms with Crippen molar-refractivity contribution in [1.29, 1.82) is 0 Å². The molecule has 0 saturated heterocycles. The van der Waals surface area contributed by atoms with E-state index in [9.17, 15) is 22.2 Å². The van der Waals surface area contributed by atoms with Gasteiger partial charge in [-0.2, -0.15) is 13.2 Å². The minimum absolute atomic E-state index is 0.204. The highest BCUT2D eigenvalue weighted by Crippen LogP contribution is 2.25. The van der Waals surface area contributed by atoms with Crippen molar-refractivity contribution in [3.05, 3.63) is 35.9 Å². The molecule has 7 heteroatoms. The molecule has 0 aromatic heterocycles. The van der Waals surface area contributed by atoms with E-state index < -0.39 is 40.2 Å². The Morgan fingerprint density at radius 2 is 1.71 bits per heavy atom. The first-order chi connectivity index (χ1) is 9.51. The molecular formula is C14H18F3NO2S. The Kier molecular flexibility index (Phi) is 5.69. The molecule has 0 aliphatic carbocycles. The summed E-state index contributed by atoms with van der Waals surface area (Å²) < 4.78 is 52.0. The normalized spacial score (nSPS) is 15.5. The third-order valence-electron chi connectivity index (χ3n) is 2.69. The fraction of sp³-hybridized carbons (Fsp3) is 0.500. The summed E-state index contributed by atoms with van der Waals surface area (Å²) in [5, 5.41) is 0. The lowest BCUT2D eigenvalue weighted by Gasteiger charge is -2.25. The summed E-state index contributed by atoms with van der Waals surface area (Å²) in [4.78, 5) is 11.9. The number of rotatable bonds is 5. The van der Waals surface area contributed by atoms with Crippen LogP contribution in [0.3, 0.4) is 0 Å². The first-order valence-electron chi connectivity index (χ1n) is 6.35. The number of ketones is 1. The number of halogens is 3. The number of Topliss-reactive ketones (excluding diaryl/α,β-unsaturated/α-hetero) is 1. The molecular weight excluding hydrogens is 303 g/mol. The van der Waals surface area contributed by atoms with Crippen LogP contribution in [-0.4, -0.2) is 27.0 Å². The van der Waals surface area contributed by atoms with E-state index in [0.717, 1.165) is 0 Å². The molecule has 21 heavy (non-hydrogen) atoms. The van der Waals surface area contributed by atoms with Crippen molar-refractivity contribution in [3.63, 3.8) is 0 Å². The molecule has 0 saturated carbocycles. The van der Waals surface area contributed by atoms with Crippen LogP contribution in [0.5, 0.6) is 0 Å². The van der Waals surface area contributed by atoms with Gasteiger partial charge in [-0.15, -0.1) is 0 Å². The summed E-state index contributed by atoms with van der Waals surface area (Å²) >= 11 is 0. The Balaban J connectivity index is 2.86. The molecule has 0 amide bonds. The molecule has 0 aliphatic heterocycles. The van der Waals surface area contributed by atoms with Gasteiger partial charge in [0, 0.05) is 12.0 Å². The third-order valence-corrected chi connectivity index (χ3v) is 4.30. The van der Waals surface area contributed by atoms with Crippen LogP contribution in [0, 0.1) is 0 Å². The van der Waals surface area contributed by atoms with Gasteiger partial charge in [0.2, 0.25) is 0 Å². The number of hydrogen-bond acceptors (Lipinski definition) is 2. The number of hydrogen-bond donors (Lipinski definition) is 1.